The molecule has 1 aliphatic carbocycles. The van der Waals surface area contributed by atoms with Crippen LogP contribution >= 0.6 is 11.3 Å². The SMILES string of the molecule is COCOc1cc(-n2ccnc2)ccc1-c1nnc(O[C@H]2CC(N(C)CC(=O)OC(C)(C)C)CCCC2F)s1. The molecule has 0 bridgehead atoms. The fourth-order valence-corrected chi connectivity index (χ4v) is 5.27. The molecule has 39 heavy (non-hydrogen) atoms. The van der Waals surface area contributed by atoms with E-state index in [9.17, 15) is 4.79 Å². The Labute approximate surface area is 232 Å². The van der Waals surface area contributed by atoms with Crippen LogP contribution in [0.4, 0.5) is 4.39 Å². The van der Waals surface area contributed by atoms with Crippen molar-refractivity contribution in [2.45, 2.75) is 70.4 Å². The number of aromatic nitrogens is 4. The quantitative estimate of drug-likeness (QED) is 0.198. The molecule has 2 heterocycles. The molecule has 3 atom stereocenters. The van der Waals surface area contributed by atoms with Gasteiger partial charge in [-0.25, -0.2) is 9.37 Å². The monoisotopic (exact) mass is 561 g/mol. The minimum atomic E-state index is -1.15. The van der Waals surface area contributed by atoms with Gasteiger partial charge in [-0.3, -0.25) is 9.69 Å². The Morgan fingerprint density at radius 3 is 2.79 bits per heavy atom. The summed E-state index contributed by atoms with van der Waals surface area (Å²) in [6, 6.07) is 5.65. The van der Waals surface area contributed by atoms with Crippen molar-refractivity contribution in [1.82, 2.24) is 24.6 Å². The van der Waals surface area contributed by atoms with Crippen molar-refractivity contribution in [2.24, 2.45) is 0 Å². The molecule has 0 spiro atoms. The summed E-state index contributed by atoms with van der Waals surface area (Å²) >= 11 is 1.23. The Hall–Kier alpha value is -3.09. The van der Waals surface area contributed by atoms with Crippen molar-refractivity contribution < 1.29 is 28.1 Å². The Morgan fingerprint density at radius 1 is 1.26 bits per heavy atom. The first-order valence-corrected chi connectivity index (χ1v) is 13.8. The smallest absolute Gasteiger partial charge is 0.320 e. The molecule has 0 saturated heterocycles. The second-order valence-electron chi connectivity index (χ2n) is 10.6. The zero-order chi connectivity index (χ0) is 28.0. The summed E-state index contributed by atoms with van der Waals surface area (Å²) in [6.07, 6.45) is 5.67. The molecular weight excluding hydrogens is 525 g/mol. The summed E-state index contributed by atoms with van der Waals surface area (Å²) < 4.78 is 39.4. The van der Waals surface area contributed by atoms with Crippen molar-refractivity contribution in [3.63, 3.8) is 0 Å². The fraction of sp³-hybridized carbons (Fsp3) is 0.556. The third-order valence-electron chi connectivity index (χ3n) is 6.34. The molecule has 2 aromatic heterocycles. The highest BCUT2D eigenvalue weighted by Gasteiger charge is 2.33. The largest absolute Gasteiger partial charge is 0.467 e. The van der Waals surface area contributed by atoms with Gasteiger partial charge in [-0.2, -0.15) is 0 Å². The van der Waals surface area contributed by atoms with Gasteiger partial charge in [0.15, 0.2) is 11.8 Å². The van der Waals surface area contributed by atoms with Gasteiger partial charge in [-0.05, 0) is 59.2 Å². The predicted molar refractivity (Wildman–Crippen MR) is 145 cm³/mol. The number of rotatable bonds is 10. The number of imidazole rings is 1. The molecule has 3 aromatic rings. The lowest BCUT2D eigenvalue weighted by Gasteiger charge is -2.30. The van der Waals surface area contributed by atoms with Crippen molar-refractivity contribution in [2.75, 3.05) is 27.5 Å². The number of methoxy groups -OCH3 is 1. The molecule has 0 N–H and O–H groups in total. The first-order chi connectivity index (χ1) is 18.6. The summed E-state index contributed by atoms with van der Waals surface area (Å²) in [7, 11) is 3.41. The van der Waals surface area contributed by atoms with Gasteiger partial charge >= 0.3 is 5.97 Å². The molecular formula is C27H36FN5O5S. The zero-order valence-electron chi connectivity index (χ0n) is 23.0. The molecule has 0 aliphatic heterocycles. The number of carbonyl (C=O) groups excluding carboxylic acids is 1. The van der Waals surface area contributed by atoms with Gasteiger partial charge in [0.1, 0.15) is 23.6 Å². The van der Waals surface area contributed by atoms with Crippen LogP contribution in [0.25, 0.3) is 16.3 Å². The number of nitrogens with zero attached hydrogens (tertiary/aromatic N) is 5. The van der Waals surface area contributed by atoms with E-state index >= 15 is 4.39 Å². The highest BCUT2D eigenvalue weighted by Crippen LogP contribution is 2.37. The van der Waals surface area contributed by atoms with Gasteiger partial charge in [0.2, 0.25) is 0 Å². The van der Waals surface area contributed by atoms with Gasteiger partial charge in [0.25, 0.3) is 5.19 Å². The number of ether oxygens (including phenoxy) is 4. The van der Waals surface area contributed by atoms with E-state index in [0.717, 1.165) is 17.7 Å². The maximum absolute atomic E-state index is 15.1. The van der Waals surface area contributed by atoms with Crippen LogP contribution in [0.1, 0.15) is 46.5 Å². The number of benzene rings is 1. The lowest BCUT2D eigenvalue weighted by atomic mass is 10.1. The van der Waals surface area contributed by atoms with Gasteiger partial charge in [-0.15, -0.1) is 5.10 Å². The summed E-state index contributed by atoms with van der Waals surface area (Å²) in [5, 5.41) is 9.35. The van der Waals surface area contributed by atoms with Crippen molar-refractivity contribution in [1.29, 1.82) is 0 Å². The summed E-state index contributed by atoms with van der Waals surface area (Å²) in [4.78, 5) is 18.4. The van der Waals surface area contributed by atoms with Crippen molar-refractivity contribution in [3.8, 4) is 27.2 Å². The zero-order valence-corrected chi connectivity index (χ0v) is 23.8. The minimum Gasteiger partial charge on any atom is -0.467 e. The summed E-state index contributed by atoms with van der Waals surface area (Å²) in [5.74, 6) is 0.259. The number of likely N-dealkylation sites (N-methyl/N-ethyl adjacent to an activating group) is 1. The topological polar surface area (TPSA) is 101 Å². The van der Waals surface area contributed by atoms with E-state index in [-0.39, 0.29) is 30.5 Å². The van der Waals surface area contributed by atoms with Gasteiger partial charge < -0.3 is 23.5 Å². The van der Waals surface area contributed by atoms with Crippen molar-refractivity contribution in [3.05, 3.63) is 36.9 Å². The molecule has 1 aliphatic rings. The van der Waals surface area contributed by atoms with Crippen LogP contribution in [0.3, 0.4) is 0 Å². The third kappa shape index (κ3) is 7.96. The molecule has 1 fully saturated rings. The average molecular weight is 562 g/mol. The lowest BCUT2D eigenvalue weighted by molar-refractivity contribution is -0.156. The standard InChI is InChI=1S/C27H36FN5O5S/c1-27(2,3)38-24(34)15-32(4)18-7-6-8-21(28)23(13-18)37-26-31-30-25(39-26)20-10-9-19(33-12-11-29-16-33)14-22(20)36-17-35-5/h9-12,14,16,18,21,23H,6-8,13,15,17H2,1-5H3/t18?,21?,23-/m0/s1. The van der Waals surface area contributed by atoms with Crippen LogP contribution in [0, 0.1) is 0 Å². The number of carbonyl (C=O) groups is 1. The van der Waals surface area contributed by atoms with Crippen LogP contribution in [0.15, 0.2) is 36.9 Å². The van der Waals surface area contributed by atoms with E-state index in [0.29, 0.717) is 30.0 Å². The lowest BCUT2D eigenvalue weighted by Crippen LogP contribution is -2.41. The van der Waals surface area contributed by atoms with Crippen LogP contribution < -0.4 is 9.47 Å². The van der Waals surface area contributed by atoms with Gasteiger partial charge in [0.05, 0.1) is 24.1 Å². The number of esters is 1. The van der Waals surface area contributed by atoms with Crippen molar-refractivity contribution >= 4 is 17.3 Å². The van der Waals surface area contributed by atoms with E-state index < -0.39 is 17.9 Å². The van der Waals surface area contributed by atoms with Crippen LogP contribution in [-0.2, 0) is 14.3 Å². The first-order valence-electron chi connectivity index (χ1n) is 12.9. The Kier molecular flexibility index (Phi) is 9.52. The molecule has 1 aromatic carbocycles. The third-order valence-corrected chi connectivity index (χ3v) is 7.18. The first kappa shape index (κ1) is 28.9. The van der Waals surface area contributed by atoms with E-state index in [1.807, 2.05) is 61.7 Å². The summed E-state index contributed by atoms with van der Waals surface area (Å²) in [6.45, 7) is 5.71. The number of alkyl halides is 1. The summed E-state index contributed by atoms with van der Waals surface area (Å²) in [5.41, 5.74) is 1.03. The second-order valence-corrected chi connectivity index (χ2v) is 11.5. The normalized spacial score (nSPS) is 20.0. The van der Waals surface area contributed by atoms with E-state index in [2.05, 4.69) is 15.2 Å². The minimum absolute atomic E-state index is 0.0274. The van der Waals surface area contributed by atoms with E-state index in [1.54, 1.807) is 19.6 Å². The Balaban J connectivity index is 1.47. The molecule has 2 unspecified atom stereocenters. The molecule has 212 valence electrons. The number of halogens is 1. The van der Waals surface area contributed by atoms with Crippen LogP contribution in [0.5, 0.6) is 10.9 Å². The highest BCUT2D eigenvalue weighted by atomic mass is 32.1. The maximum atomic E-state index is 15.1. The van der Waals surface area contributed by atoms with E-state index in [4.69, 9.17) is 18.9 Å². The number of hydrogen-bond donors (Lipinski definition) is 0. The van der Waals surface area contributed by atoms with Gasteiger partial charge in [0, 0.05) is 38.0 Å². The maximum Gasteiger partial charge on any atom is 0.320 e. The predicted octanol–water partition coefficient (Wildman–Crippen LogP) is 4.68. The van der Waals surface area contributed by atoms with E-state index in [1.165, 1.54) is 11.3 Å². The number of hydrogen-bond acceptors (Lipinski definition) is 10. The average Bonchev–Trinajstić information content (AvgIpc) is 3.54. The Morgan fingerprint density at radius 2 is 2.08 bits per heavy atom. The Bertz CT molecular complexity index is 1220. The fourth-order valence-electron chi connectivity index (χ4n) is 4.49. The molecule has 0 amide bonds. The molecule has 4 rings (SSSR count). The second kappa shape index (κ2) is 12.8. The molecule has 1 saturated carbocycles. The molecule has 10 nitrogen and oxygen atoms in total. The van der Waals surface area contributed by atoms with Gasteiger partial charge in [-0.1, -0.05) is 16.4 Å². The molecule has 12 heteroatoms. The molecule has 0 radical (unpaired) electrons. The van der Waals surface area contributed by atoms with Crippen LogP contribution in [0.2, 0.25) is 0 Å². The van der Waals surface area contributed by atoms with Crippen LogP contribution in [-0.4, -0.2) is 82.0 Å². The highest BCUT2D eigenvalue weighted by molar-refractivity contribution is 7.16.